The number of aliphatic hydroxyl groups is 3. The average Bonchev–Trinajstić information content (AvgIpc) is 3.23. The second-order valence-corrected chi connectivity index (χ2v) is 18.7. The fourth-order valence-electron chi connectivity index (χ4n) is 10.2. The molecule has 11 atom stereocenters. The van der Waals surface area contributed by atoms with Crippen LogP contribution in [0.25, 0.3) is 0 Å². The van der Waals surface area contributed by atoms with Crippen LogP contribution in [0, 0.1) is 16.7 Å². The highest BCUT2D eigenvalue weighted by molar-refractivity contribution is 5.94. The molecule has 1 unspecified atom stereocenters. The molecule has 1 aliphatic heterocycles. The van der Waals surface area contributed by atoms with Gasteiger partial charge >= 0.3 is 24.0 Å². The molecule has 3 aliphatic carbocycles. The molecule has 1 saturated heterocycles. The second-order valence-electron chi connectivity index (χ2n) is 18.7. The highest BCUT2D eigenvalue weighted by atomic mass is 16.7. The van der Waals surface area contributed by atoms with Gasteiger partial charge in [-0.05, 0) is 63.5 Å². The summed E-state index contributed by atoms with van der Waals surface area (Å²) in [5.41, 5.74) is -7.44. The maximum atomic E-state index is 15.9. The van der Waals surface area contributed by atoms with E-state index in [1.165, 1.54) is 26.2 Å². The van der Waals surface area contributed by atoms with E-state index in [-0.39, 0.29) is 36.3 Å². The molecule has 0 aromatic heterocycles. The third-order valence-electron chi connectivity index (χ3n) is 13.3. The van der Waals surface area contributed by atoms with Gasteiger partial charge in [-0.25, -0.2) is 14.4 Å². The van der Waals surface area contributed by atoms with Crippen LogP contribution < -0.4 is 5.32 Å². The number of nitrogens with one attached hydrogen (secondary N) is 1. The highest BCUT2D eigenvalue weighted by Crippen LogP contribution is 2.65. The third kappa shape index (κ3) is 8.83. The summed E-state index contributed by atoms with van der Waals surface area (Å²) in [6.45, 7) is 11.3. The first-order valence-corrected chi connectivity index (χ1v) is 21.4. The Morgan fingerprint density at radius 3 is 2.17 bits per heavy atom. The Labute approximate surface area is 372 Å². The van der Waals surface area contributed by atoms with Gasteiger partial charge in [-0.2, -0.15) is 0 Å². The lowest BCUT2D eigenvalue weighted by Crippen LogP contribution is -2.82. The molecule has 0 radical (unpaired) electrons. The smallest absolute Gasteiger partial charge is 0.408 e. The number of carbonyl (C=O) groups is 5. The number of ketones is 1. The minimum absolute atomic E-state index is 0.000257. The first kappa shape index (κ1) is 48.7. The Morgan fingerprint density at radius 2 is 1.61 bits per heavy atom. The number of amides is 1. The Morgan fingerprint density at radius 1 is 0.969 bits per heavy atom. The summed E-state index contributed by atoms with van der Waals surface area (Å²) in [6, 6.07) is 14.8. The molecule has 17 nitrogen and oxygen atoms in total. The molecule has 2 bridgehead atoms. The molecule has 17 heteroatoms. The molecule has 2 aromatic rings. The molecule has 4 N–H and O–H groups in total. The van der Waals surface area contributed by atoms with Gasteiger partial charge in [0.1, 0.15) is 42.4 Å². The van der Waals surface area contributed by atoms with Crippen LogP contribution in [0.4, 0.5) is 4.79 Å². The van der Waals surface area contributed by atoms with Crippen molar-refractivity contribution in [1.29, 1.82) is 0 Å². The summed E-state index contributed by atoms with van der Waals surface area (Å²) in [5.74, 6) is -4.89. The predicted octanol–water partition coefficient (Wildman–Crippen LogP) is 3.90. The van der Waals surface area contributed by atoms with E-state index in [4.69, 9.17) is 37.9 Å². The van der Waals surface area contributed by atoms with Gasteiger partial charge in [-0.1, -0.05) is 62.4 Å². The number of methoxy groups -OCH3 is 1. The molecular weight excluding hydrogens is 835 g/mol. The van der Waals surface area contributed by atoms with Gasteiger partial charge in [0.25, 0.3) is 0 Å². The zero-order valence-corrected chi connectivity index (χ0v) is 37.8. The minimum atomic E-state index is -2.32. The van der Waals surface area contributed by atoms with E-state index in [0.717, 1.165) is 0 Å². The van der Waals surface area contributed by atoms with Gasteiger partial charge in [-0.3, -0.25) is 9.59 Å². The van der Waals surface area contributed by atoms with Gasteiger partial charge in [0.05, 0.1) is 48.9 Å². The van der Waals surface area contributed by atoms with Crippen molar-refractivity contribution in [1.82, 2.24) is 5.32 Å². The van der Waals surface area contributed by atoms with Crippen molar-refractivity contribution in [2.75, 3.05) is 33.7 Å². The maximum Gasteiger partial charge on any atom is 0.408 e. The van der Waals surface area contributed by atoms with E-state index in [2.05, 4.69) is 5.32 Å². The minimum Gasteiger partial charge on any atom is -0.456 e. The highest BCUT2D eigenvalue weighted by Gasteiger charge is 2.78. The number of fused-ring (bicyclic) bond motifs is 5. The largest absolute Gasteiger partial charge is 0.456 e. The number of hydrogen-bond donors (Lipinski definition) is 4. The Hall–Kier alpha value is -4.75. The van der Waals surface area contributed by atoms with Crippen LogP contribution in [0.5, 0.6) is 0 Å². The standard InChI is InChI=1S/C47H61NO16/c1-26-30(61-41(54)35(51)34(28-16-12-10-13-17-28)48-42(55)64-43(3,4)5)23-47(56)39(62-40(53)29-18-14-11-15-19-29)37-45(8,38(52)36(60-25-57-9)33(26)44(47,6)7)31(58-21-20-49)22-32-46(37,24-59-32)63-27(2)50/h10-19,30-32,34-37,39,49,51,56H,20-25H2,1-9H3,(H,48,55)/t30-,31-,32+,34-,35+,36+,37?,39-,45+,46-,47+/m0/s1. The lowest BCUT2D eigenvalue weighted by molar-refractivity contribution is -0.349. The van der Waals surface area contributed by atoms with Crippen LogP contribution in [0.3, 0.4) is 0 Å². The van der Waals surface area contributed by atoms with Gasteiger partial charge in [0.2, 0.25) is 0 Å². The van der Waals surface area contributed by atoms with Crippen molar-refractivity contribution in [2.24, 2.45) is 16.7 Å². The molecule has 2 aromatic carbocycles. The number of rotatable bonds is 14. The van der Waals surface area contributed by atoms with Crippen molar-refractivity contribution in [2.45, 2.75) is 128 Å². The quantitative estimate of drug-likeness (QED) is 0.0912. The number of hydrogen-bond acceptors (Lipinski definition) is 16. The summed E-state index contributed by atoms with van der Waals surface area (Å²) < 4.78 is 48.3. The van der Waals surface area contributed by atoms with Gasteiger partial charge in [-0.15, -0.1) is 0 Å². The molecule has 4 aliphatic rings. The number of alkyl carbamates (subject to hydrolysis) is 1. The number of carbonyl (C=O) groups excluding carboxylic acids is 5. The fraction of sp³-hybridized carbons (Fsp3) is 0.596. The summed E-state index contributed by atoms with van der Waals surface area (Å²) in [5, 5.41) is 38.2. The number of Topliss-reactive ketones (excluding diaryl/α,β-unsaturated/α-hetero) is 1. The number of benzene rings is 2. The number of ether oxygens (including phenoxy) is 8. The first-order chi connectivity index (χ1) is 30.1. The van der Waals surface area contributed by atoms with Gasteiger partial charge in [0.15, 0.2) is 17.5 Å². The summed E-state index contributed by atoms with van der Waals surface area (Å²) in [6.07, 6.45) is -10.2. The van der Waals surface area contributed by atoms with E-state index < -0.39 is 126 Å². The van der Waals surface area contributed by atoms with Crippen molar-refractivity contribution in [3.8, 4) is 0 Å². The van der Waals surface area contributed by atoms with E-state index in [1.54, 1.807) is 97.0 Å². The number of esters is 3. The lowest BCUT2D eigenvalue weighted by atomic mass is 9.44. The van der Waals surface area contributed by atoms with Crippen LogP contribution in [0.2, 0.25) is 0 Å². The molecule has 6 rings (SSSR count). The van der Waals surface area contributed by atoms with Gasteiger partial charge < -0.3 is 58.5 Å². The van der Waals surface area contributed by atoms with E-state index in [9.17, 15) is 34.5 Å². The summed E-state index contributed by atoms with van der Waals surface area (Å²) in [4.78, 5) is 70.9. The Kier molecular flexibility index (Phi) is 14.2. The van der Waals surface area contributed by atoms with Crippen LogP contribution >= 0.6 is 0 Å². The van der Waals surface area contributed by atoms with Crippen molar-refractivity contribution >= 4 is 29.8 Å². The van der Waals surface area contributed by atoms with Crippen LogP contribution in [-0.4, -0.2) is 132 Å². The Balaban J connectivity index is 1.56. The SMILES string of the molecule is COCO[C@H]1C(=O)[C@@]2(C)C([C@H](OC(=O)c3ccccc3)[C@]3(O)C[C@H](OC(=O)[C@H](O)[C@@H](NC(=O)OC(C)(C)C)c4ccccc4)C(C)=C1C3(C)C)[C@]1(OC(C)=O)CO[C@@H]1C[C@@H]2OCCO. The lowest BCUT2D eigenvalue weighted by Gasteiger charge is -2.68. The molecule has 64 heavy (non-hydrogen) atoms. The molecule has 1 heterocycles. The fourth-order valence-corrected chi connectivity index (χ4v) is 10.2. The summed E-state index contributed by atoms with van der Waals surface area (Å²) >= 11 is 0. The van der Waals surface area contributed by atoms with E-state index in [1.807, 2.05) is 0 Å². The molecule has 2 saturated carbocycles. The molecule has 1 amide bonds. The van der Waals surface area contributed by atoms with Crippen molar-refractivity contribution < 1.29 is 77.2 Å². The zero-order chi connectivity index (χ0) is 47.0. The first-order valence-electron chi connectivity index (χ1n) is 21.4. The Bertz CT molecular complexity index is 2090. The van der Waals surface area contributed by atoms with E-state index in [0.29, 0.717) is 5.56 Å². The van der Waals surface area contributed by atoms with Crippen molar-refractivity contribution in [3.05, 3.63) is 82.9 Å². The van der Waals surface area contributed by atoms with Crippen LogP contribution in [0.15, 0.2) is 71.8 Å². The molecule has 350 valence electrons. The normalized spacial score (nSPS) is 31.7. The van der Waals surface area contributed by atoms with Crippen LogP contribution in [0.1, 0.15) is 90.2 Å². The van der Waals surface area contributed by atoms with Crippen molar-refractivity contribution in [3.63, 3.8) is 0 Å². The van der Waals surface area contributed by atoms with Gasteiger partial charge in [0, 0.05) is 32.3 Å². The third-order valence-corrected chi connectivity index (χ3v) is 13.3. The second kappa shape index (κ2) is 18.6. The molecule has 3 fully saturated rings. The average molecular weight is 896 g/mol. The zero-order valence-electron chi connectivity index (χ0n) is 37.8. The van der Waals surface area contributed by atoms with E-state index >= 15 is 4.79 Å². The monoisotopic (exact) mass is 895 g/mol. The number of aliphatic hydroxyl groups excluding tert-OH is 2. The van der Waals surface area contributed by atoms with Crippen LogP contribution in [-0.2, 0) is 52.3 Å². The molecule has 0 spiro atoms. The summed E-state index contributed by atoms with van der Waals surface area (Å²) in [7, 11) is 1.36. The predicted molar refractivity (Wildman–Crippen MR) is 225 cm³/mol. The topological polar surface area (TPSA) is 232 Å². The molecular formula is C47H61NO16. The maximum absolute atomic E-state index is 15.9.